The van der Waals surface area contributed by atoms with Gasteiger partial charge in [0.25, 0.3) is 0 Å². The third-order valence-corrected chi connectivity index (χ3v) is 6.76. The number of alkyl halides is 2. The monoisotopic (exact) mass is 438 g/mol. The molecule has 148 valence electrons. The van der Waals surface area contributed by atoms with Gasteiger partial charge in [0.05, 0.1) is 10.6 Å². The largest absolute Gasteiger partial charge is 0.313 e. The van der Waals surface area contributed by atoms with Gasteiger partial charge in [-0.05, 0) is 55.0 Å². The molecule has 0 aliphatic heterocycles. The molecule has 0 N–H and O–H groups in total. The van der Waals surface area contributed by atoms with Gasteiger partial charge in [0, 0.05) is 42.1 Å². The van der Waals surface area contributed by atoms with Crippen molar-refractivity contribution in [2.45, 2.75) is 11.8 Å². The van der Waals surface area contributed by atoms with Crippen LogP contribution in [0, 0.1) is 6.92 Å². The van der Waals surface area contributed by atoms with E-state index in [1.165, 1.54) is 28.6 Å². The molecule has 0 radical (unpaired) electrons. The van der Waals surface area contributed by atoms with Crippen molar-refractivity contribution in [1.82, 2.24) is 8.71 Å². The third-order valence-electron chi connectivity index (χ3n) is 4.51. The van der Waals surface area contributed by atoms with Crippen LogP contribution in [0.2, 0.25) is 0 Å². The molecule has 0 fully saturated rings. The number of halogens is 2. The zero-order valence-corrected chi connectivity index (χ0v) is 17.6. The van der Waals surface area contributed by atoms with Crippen LogP contribution in [0.5, 0.6) is 0 Å². The van der Waals surface area contributed by atoms with Crippen LogP contribution in [0.4, 0.5) is 0 Å². The summed E-state index contributed by atoms with van der Waals surface area (Å²) in [6.07, 6.45) is 1.84. The zero-order chi connectivity index (χ0) is 20.3. The molecule has 2 heterocycles. The first-order chi connectivity index (χ1) is 13.4. The molecule has 8 heteroatoms. The summed E-state index contributed by atoms with van der Waals surface area (Å²) in [5.41, 5.74) is 2.79. The van der Waals surface area contributed by atoms with E-state index in [2.05, 4.69) is 0 Å². The Morgan fingerprint density at radius 2 is 1.68 bits per heavy atom. The number of aryl methyl sites for hydroxylation is 1. The maximum Gasteiger partial charge on any atom is 0.243 e. The van der Waals surface area contributed by atoms with Crippen molar-refractivity contribution < 1.29 is 13.2 Å². The molecule has 0 unspecified atom stereocenters. The number of aromatic nitrogens is 1. The Balaban J connectivity index is 1.94. The third kappa shape index (κ3) is 3.96. The summed E-state index contributed by atoms with van der Waals surface area (Å²) in [7, 11) is -3.72. The number of carbonyl (C=O) groups is 1. The van der Waals surface area contributed by atoms with Crippen molar-refractivity contribution in [3.63, 3.8) is 0 Å². The Morgan fingerprint density at radius 3 is 2.29 bits per heavy atom. The minimum atomic E-state index is -3.72. The molecule has 0 atom stereocenters. The molecule has 0 amide bonds. The molecule has 0 saturated carbocycles. The molecule has 0 aliphatic rings. The second-order valence-corrected chi connectivity index (χ2v) is 9.00. The van der Waals surface area contributed by atoms with E-state index in [1.807, 2.05) is 41.8 Å². The average Bonchev–Trinajstić information content (AvgIpc) is 3.03. The number of hydrogen-bond donors (Lipinski definition) is 0. The van der Waals surface area contributed by atoms with E-state index in [0.29, 0.717) is 11.3 Å². The maximum absolute atomic E-state index is 13.0. The fraction of sp³-hybridized carbons (Fsp3) is 0.250. The van der Waals surface area contributed by atoms with Gasteiger partial charge in [-0.15, -0.1) is 23.2 Å². The number of fused-ring (bicyclic) bond motifs is 1. The second kappa shape index (κ2) is 8.66. The summed E-state index contributed by atoms with van der Waals surface area (Å²) in [6, 6.07) is 13.6. The Bertz CT molecular complexity index is 1090. The first-order valence-electron chi connectivity index (χ1n) is 8.73. The maximum atomic E-state index is 13.0. The van der Waals surface area contributed by atoms with Crippen LogP contribution < -0.4 is 0 Å². The lowest BCUT2D eigenvalue weighted by molar-refractivity contribution is 0.103. The van der Waals surface area contributed by atoms with Gasteiger partial charge in [0.1, 0.15) is 0 Å². The Morgan fingerprint density at radius 1 is 1.04 bits per heavy atom. The van der Waals surface area contributed by atoms with Crippen LogP contribution in [0.25, 0.3) is 5.52 Å². The van der Waals surface area contributed by atoms with Crippen molar-refractivity contribution in [2.24, 2.45) is 0 Å². The van der Waals surface area contributed by atoms with E-state index in [-0.39, 0.29) is 35.5 Å². The predicted octanol–water partition coefficient (Wildman–Crippen LogP) is 3.95. The van der Waals surface area contributed by atoms with E-state index >= 15 is 0 Å². The minimum Gasteiger partial charge on any atom is -0.313 e. The first-order valence-corrected chi connectivity index (χ1v) is 11.2. The van der Waals surface area contributed by atoms with Gasteiger partial charge >= 0.3 is 0 Å². The van der Waals surface area contributed by atoms with Crippen LogP contribution in [-0.4, -0.2) is 47.8 Å². The van der Waals surface area contributed by atoms with E-state index < -0.39 is 10.0 Å². The van der Waals surface area contributed by atoms with Gasteiger partial charge in [-0.1, -0.05) is 6.07 Å². The number of nitrogens with zero attached hydrogens (tertiary/aromatic N) is 2. The zero-order valence-electron chi connectivity index (χ0n) is 15.3. The van der Waals surface area contributed by atoms with Gasteiger partial charge in [-0.2, -0.15) is 4.31 Å². The Hall–Kier alpha value is -1.86. The topological polar surface area (TPSA) is 58.9 Å². The van der Waals surface area contributed by atoms with Crippen LogP contribution in [0.1, 0.15) is 21.6 Å². The fourth-order valence-corrected chi connectivity index (χ4v) is 5.20. The molecular formula is C20H20Cl2N2O3S. The lowest BCUT2D eigenvalue weighted by Crippen LogP contribution is -2.34. The molecular weight excluding hydrogens is 419 g/mol. The average molecular weight is 439 g/mol. The van der Waals surface area contributed by atoms with Gasteiger partial charge < -0.3 is 4.40 Å². The second-order valence-electron chi connectivity index (χ2n) is 6.31. The molecule has 3 rings (SSSR count). The summed E-state index contributed by atoms with van der Waals surface area (Å²) >= 11 is 11.4. The van der Waals surface area contributed by atoms with Gasteiger partial charge in [-0.3, -0.25) is 4.79 Å². The van der Waals surface area contributed by atoms with Crippen LogP contribution in [-0.2, 0) is 10.0 Å². The summed E-state index contributed by atoms with van der Waals surface area (Å²) in [5, 5.41) is 0. The van der Waals surface area contributed by atoms with Crippen molar-refractivity contribution in [3.8, 4) is 0 Å². The molecule has 3 aromatic rings. The quantitative estimate of drug-likeness (QED) is 0.395. The van der Waals surface area contributed by atoms with E-state index in [1.54, 1.807) is 0 Å². The van der Waals surface area contributed by atoms with Crippen molar-refractivity contribution >= 4 is 44.5 Å². The Labute approximate surface area is 174 Å². The standard InChI is InChI=1S/C20H20Cl2N2O3S/c1-15-14-17-4-2-3-11-24(17)19(15)20(25)16-5-7-18(8-6-16)28(26,27)23(12-9-21)13-10-22/h2-8,11,14H,9-10,12-13H2,1H3. The molecule has 1 aromatic carbocycles. The molecule has 5 nitrogen and oxygen atoms in total. The highest BCUT2D eigenvalue weighted by Gasteiger charge is 2.24. The predicted molar refractivity (Wildman–Crippen MR) is 112 cm³/mol. The first kappa shape index (κ1) is 20.9. The Kier molecular flexibility index (Phi) is 6.45. The highest BCUT2D eigenvalue weighted by atomic mass is 35.5. The normalized spacial score (nSPS) is 12.0. The number of hydrogen-bond acceptors (Lipinski definition) is 3. The molecule has 0 aliphatic carbocycles. The molecule has 0 saturated heterocycles. The van der Waals surface area contributed by atoms with Crippen LogP contribution in [0.3, 0.4) is 0 Å². The molecule has 0 spiro atoms. The summed E-state index contributed by atoms with van der Waals surface area (Å²) in [5.74, 6) is 0.187. The minimum absolute atomic E-state index is 0.107. The number of carbonyl (C=O) groups excluding carboxylic acids is 1. The lowest BCUT2D eigenvalue weighted by Gasteiger charge is -2.20. The number of rotatable bonds is 8. The number of ketones is 1. The number of sulfonamides is 1. The molecule has 28 heavy (non-hydrogen) atoms. The van der Waals surface area contributed by atoms with E-state index in [4.69, 9.17) is 23.2 Å². The molecule has 0 bridgehead atoms. The van der Waals surface area contributed by atoms with Gasteiger partial charge in [0.2, 0.25) is 15.8 Å². The van der Waals surface area contributed by atoms with E-state index in [0.717, 1.165) is 11.1 Å². The summed E-state index contributed by atoms with van der Waals surface area (Å²) < 4.78 is 28.6. The lowest BCUT2D eigenvalue weighted by atomic mass is 10.1. The summed E-state index contributed by atoms with van der Waals surface area (Å²) in [6.45, 7) is 2.23. The van der Waals surface area contributed by atoms with Crippen LogP contribution >= 0.6 is 23.2 Å². The summed E-state index contributed by atoms with van der Waals surface area (Å²) in [4.78, 5) is 13.1. The smallest absolute Gasteiger partial charge is 0.243 e. The van der Waals surface area contributed by atoms with Gasteiger partial charge in [-0.25, -0.2) is 8.42 Å². The fourth-order valence-electron chi connectivity index (χ4n) is 3.15. The van der Waals surface area contributed by atoms with Crippen LogP contribution in [0.15, 0.2) is 59.6 Å². The highest BCUT2D eigenvalue weighted by molar-refractivity contribution is 7.89. The van der Waals surface area contributed by atoms with E-state index in [9.17, 15) is 13.2 Å². The highest BCUT2D eigenvalue weighted by Crippen LogP contribution is 2.22. The van der Waals surface area contributed by atoms with Crippen molar-refractivity contribution in [2.75, 3.05) is 24.8 Å². The van der Waals surface area contributed by atoms with Gasteiger partial charge in [0.15, 0.2) is 0 Å². The van der Waals surface area contributed by atoms with Crippen molar-refractivity contribution in [3.05, 3.63) is 71.5 Å². The SMILES string of the molecule is Cc1cc2ccccn2c1C(=O)c1ccc(S(=O)(=O)N(CCCl)CCCl)cc1. The number of pyridine rings is 1. The van der Waals surface area contributed by atoms with Crippen molar-refractivity contribution in [1.29, 1.82) is 0 Å². The number of benzene rings is 1. The molecule has 2 aromatic heterocycles.